The van der Waals surface area contributed by atoms with Crippen LogP contribution in [0, 0.1) is 0 Å². The SMILES string of the molecule is O=C(CCn1cnc2ccccc21)N/N=C/c1ccc(O)cc1. The number of nitrogens with one attached hydrogen (secondary N) is 1. The van der Waals surface area contributed by atoms with Gasteiger partial charge in [-0.2, -0.15) is 5.10 Å². The molecule has 6 heteroatoms. The molecule has 2 N–H and O–H groups in total. The van der Waals surface area contributed by atoms with E-state index in [4.69, 9.17) is 0 Å². The average Bonchev–Trinajstić information content (AvgIpc) is 2.98. The third-order valence-corrected chi connectivity index (χ3v) is 3.40. The van der Waals surface area contributed by atoms with Gasteiger partial charge in [-0.1, -0.05) is 12.1 Å². The Hall–Kier alpha value is -3.15. The molecule has 0 aliphatic heterocycles. The average molecular weight is 308 g/mol. The van der Waals surface area contributed by atoms with Crippen LogP contribution >= 0.6 is 0 Å². The summed E-state index contributed by atoms with van der Waals surface area (Å²) in [5, 5.41) is 13.1. The van der Waals surface area contributed by atoms with E-state index in [2.05, 4.69) is 15.5 Å². The lowest BCUT2D eigenvalue weighted by molar-refractivity contribution is -0.121. The Labute approximate surface area is 133 Å². The maximum absolute atomic E-state index is 11.8. The monoisotopic (exact) mass is 308 g/mol. The summed E-state index contributed by atoms with van der Waals surface area (Å²) in [7, 11) is 0. The molecule has 116 valence electrons. The number of para-hydroxylation sites is 2. The normalized spacial score (nSPS) is 11.1. The summed E-state index contributed by atoms with van der Waals surface area (Å²) >= 11 is 0. The van der Waals surface area contributed by atoms with Crippen LogP contribution in [0.3, 0.4) is 0 Å². The lowest BCUT2D eigenvalue weighted by Gasteiger charge is -2.03. The number of hydrogen-bond donors (Lipinski definition) is 2. The number of nitrogens with zero attached hydrogens (tertiary/aromatic N) is 3. The number of amides is 1. The first-order chi connectivity index (χ1) is 11.2. The number of carbonyl (C=O) groups is 1. The molecule has 3 rings (SSSR count). The number of aromatic hydroxyl groups is 1. The molecule has 1 heterocycles. The second-order valence-corrected chi connectivity index (χ2v) is 5.06. The molecule has 0 aliphatic rings. The van der Waals surface area contributed by atoms with Crippen LogP contribution in [-0.4, -0.2) is 26.8 Å². The van der Waals surface area contributed by atoms with Gasteiger partial charge < -0.3 is 9.67 Å². The molecule has 6 nitrogen and oxygen atoms in total. The van der Waals surface area contributed by atoms with Crippen LogP contribution in [-0.2, 0) is 11.3 Å². The highest BCUT2D eigenvalue weighted by atomic mass is 16.3. The van der Waals surface area contributed by atoms with Gasteiger partial charge >= 0.3 is 0 Å². The topological polar surface area (TPSA) is 79.5 Å². The molecular formula is C17H16N4O2. The Balaban J connectivity index is 1.52. The van der Waals surface area contributed by atoms with E-state index in [0.29, 0.717) is 13.0 Å². The number of hydrazone groups is 1. The van der Waals surface area contributed by atoms with Gasteiger partial charge in [-0.15, -0.1) is 0 Å². The van der Waals surface area contributed by atoms with Gasteiger partial charge in [-0.05, 0) is 42.0 Å². The van der Waals surface area contributed by atoms with Crippen molar-refractivity contribution in [3.8, 4) is 5.75 Å². The van der Waals surface area contributed by atoms with Crippen LogP contribution in [0.5, 0.6) is 5.75 Å². The fraction of sp³-hybridized carbons (Fsp3) is 0.118. The summed E-state index contributed by atoms with van der Waals surface area (Å²) < 4.78 is 1.94. The van der Waals surface area contributed by atoms with Crippen LogP contribution in [0.15, 0.2) is 60.0 Å². The molecule has 23 heavy (non-hydrogen) atoms. The molecule has 3 aromatic rings. The first-order valence-corrected chi connectivity index (χ1v) is 7.23. The minimum absolute atomic E-state index is 0.169. The fourth-order valence-electron chi connectivity index (χ4n) is 2.21. The Morgan fingerprint density at radius 2 is 2.00 bits per heavy atom. The van der Waals surface area contributed by atoms with E-state index < -0.39 is 0 Å². The van der Waals surface area contributed by atoms with Crippen LogP contribution in [0.2, 0.25) is 0 Å². The van der Waals surface area contributed by atoms with Gasteiger partial charge in [0.25, 0.3) is 0 Å². The van der Waals surface area contributed by atoms with E-state index in [9.17, 15) is 9.90 Å². The van der Waals surface area contributed by atoms with Gasteiger partial charge in [0.2, 0.25) is 5.91 Å². The zero-order chi connectivity index (χ0) is 16.1. The Kier molecular flexibility index (Phi) is 4.33. The number of aryl methyl sites for hydroxylation is 1. The Morgan fingerprint density at radius 3 is 2.83 bits per heavy atom. The van der Waals surface area contributed by atoms with Gasteiger partial charge in [0.05, 0.1) is 23.6 Å². The predicted octanol–water partition coefficient (Wildman–Crippen LogP) is 2.28. The van der Waals surface area contributed by atoms with Crippen molar-refractivity contribution in [2.75, 3.05) is 0 Å². The first kappa shape index (κ1) is 14.8. The summed E-state index contributed by atoms with van der Waals surface area (Å²) in [6.07, 6.45) is 3.58. The Morgan fingerprint density at radius 1 is 1.22 bits per heavy atom. The molecule has 1 aromatic heterocycles. The minimum Gasteiger partial charge on any atom is -0.508 e. The molecular weight excluding hydrogens is 292 g/mol. The summed E-state index contributed by atoms with van der Waals surface area (Å²) in [6, 6.07) is 14.3. The molecule has 0 fully saturated rings. The van der Waals surface area contributed by atoms with E-state index in [-0.39, 0.29) is 11.7 Å². The number of phenolic OH excluding ortho intramolecular Hbond substituents is 1. The third-order valence-electron chi connectivity index (χ3n) is 3.40. The maximum atomic E-state index is 11.8. The summed E-state index contributed by atoms with van der Waals surface area (Å²) in [5.74, 6) is 0.0246. The molecule has 1 amide bonds. The van der Waals surface area contributed by atoms with Crippen LogP contribution < -0.4 is 5.43 Å². The van der Waals surface area contributed by atoms with Crippen molar-refractivity contribution in [1.82, 2.24) is 15.0 Å². The van der Waals surface area contributed by atoms with Gasteiger partial charge in [0.15, 0.2) is 0 Å². The number of rotatable bonds is 5. The zero-order valence-electron chi connectivity index (χ0n) is 12.4. The molecule has 0 aliphatic carbocycles. The van der Waals surface area contributed by atoms with Crippen LogP contribution in [0.1, 0.15) is 12.0 Å². The fourth-order valence-corrected chi connectivity index (χ4v) is 2.21. The number of carbonyl (C=O) groups excluding carboxylic acids is 1. The van der Waals surface area contributed by atoms with Gasteiger partial charge in [0, 0.05) is 13.0 Å². The van der Waals surface area contributed by atoms with E-state index in [1.165, 1.54) is 6.21 Å². The first-order valence-electron chi connectivity index (χ1n) is 7.23. The van der Waals surface area contributed by atoms with Crippen molar-refractivity contribution in [2.24, 2.45) is 5.10 Å². The highest BCUT2D eigenvalue weighted by Gasteiger charge is 2.04. The second kappa shape index (κ2) is 6.74. The van der Waals surface area contributed by atoms with Crippen molar-refractivity contribution in [2.45, 2.75) is 13.0 Å². The number of imidazole rings is 1. The highest BCUT2D eigenvalue weighted by molar-refractivity contribution is 5.82. The van der Waals surface area contributed by atoms with Crippen molar-refractivity contribution >= 4 is 23.2 Å². The molecule has 0 spiro atoms. The largest absolute Gasteiger partial charge is 0.508 e. The van der Waals surface area contributed by atoms with Crippen LogP contribution in [0.25, 0.3) is 11.0 Å². The van der Waals surface area contributed by atoms with E-state index in [1.807, 2.05) is 28.8 Å². The zero-order valence-corrected chi connectivity index (χ0v) is 12.4. The number of benzene rings is 2. The molecule has 0 radical (unpaired) electrons. The summed E-state index contributed by atoms with van der Waals surface area (Å²) in [5.41, 5.74) is 5.21. The summed E-state index contributed by atoms with van der Waals surface area (Å²) in [4.78, 5) is 16.1. The maximum Gasteiger partial charge on any atom is 0.241 e. The molecule has 0 unspecified atom stereocenters. The standard InChI is InChI=1S/C17H16N4O2/c22-14-7-5-13(6-8-14)11-19-20-17(23)9-10-21-12-18-15-3-1-2-4-16(15)21/h1-8,11-12,22H,9-10H2,(H,20,23)/b19-11+. The predicted molar refractivity (Wildman–Crippen MR) is 88.2 cm³/mol. The van der Waals surface area contributed by atoms with E-state index >= 15 is 0 Å². The third kappa shape index (κ3) is 3.74. The quantitative estimate of drug-likeness (QED) is 0.560. The van der Waals surface area contributed by atoms with Crippen LogP contribution in [0.4, 0.5) is 0 Å². The molecule has 2 aromatic carbocycles. The Bertz CT molecular complexity index is 837. The van der Waals surface area contributed by atoms with Crippen molar-refractivity contribution in [1.29, 1.82) is 0 Å². The second-order valence-electron chi connectivity index (χ2n) is 5.06. The van der Waals surface area contributed by atoms with Crippen molar-refractivity contribution < 1.29 is 9.90 Å². The number of phenols is 1. The minimum atomic E-state index is -0.169. The molecule has 0 atom stereocenters. The number of fused-ring (bicyclic) bond motifs is 1. The van der Waals surface area contributed by atoms with E-state index in [1.54, 1.807) is 30.6 Å². The molecule has 0 bridgehead atoms. The van der Waals surface area contributed by atoms with E-state index in [0.717, 1.165) is 16.6 Å². The summed E-state index contributed by atoms with van der Waals surface area (Å²) in [6.45, 7) is 0.543. The molecule has 0 saturated carbocycles. The number of aromatic nitrogens is 2. The van der Waals surface area contributed by atoms with Gasteiger partial charge in [-0.3, -0.25) is 4.79 Å². The van der Waals surface area contributed by atoms with Crippen molar-refractivity contribution in [3.05, 3.63) is 60.4 Å². The molecule has 0 saturated heterocycles. The lowest BCUT2D eigenvalue weighted by Crippen LogP contribution is -2.19. The van der Waals surface area contributed by atoms with Gasteiger partial charge in [0.1, 0.15) is 5.75 Å². The number of hydrogen-bond acceptors (Lipinski definition) is 4. The van der Waals surface area contributed by atoms with Gasteiger partial charge in [-0.25, -0.2) is 10.4 Å². The van der Waals surface area contributed by atoms with Crippen molar-refractivity contribution in [3.63, 3.8) is 0 Å². The lowest BCUT2D eigenvalue weighted by atomic mass is 10.2. The smallest absolute Gasteiger partial charge is 0.241 e. The highest BCUT2D eigenvalue weighted by Crippen LogP contribution is 2.12.